The number of nitrogen functional groups attached to an aromatic ring is 1. The molecule has 0 atom stereocenters. The zero-order chi connectivity index (χ0) is 16.2. The van der Waals surface area contributed by atoms with Gasteiger partial charge < -0.3 is 10.9 Å². The zero-order valence-corrected chi connectivity index (χ0v) is 13.7. The lowest BCUT2D eigenvalue weighted by atomic mass is 10.1. The average Bonchev–Trinajstić information content (AvgIpc) is 3.17. The van der Waals surface area contributed by atoms with Gasteiger partial charge in [0.1, 0.15) is 0 Å². The van der Waals surface area contributed by atoms with Gasteiger partial charge in [-0.2, -0.15) is 0 Å². The second kappa shape index (κ2) is 6.84. The van der Waals surface area contributed by atoms with Gasteiger partial charge in [-0.05, 0) is 29.1 Å². The summed E-state index contributed by atoms with van der Waals surface area (Å²) in [5, 5.41) is 19.9. The van der Waals surface area contributed by atoms with Crippen LogP contribution in [0.2, 0.25) is 0 Å². The maximum absolute atomic E-state index is 11.0. The Balaban J connectivity index is 1.68. The molecule has 0 aliphatic carbocycles. The lowest BCUT2D eigenvalue weighted by Crippen LogP contribution is -2.14. The molecule has 0 spiro atoms. The maximum atomic E-state index is 11.0. The molecular formula is C15H14N4O2S2. The van der Waals surface area contributed by atoms with E-state index < -0.39 is 5.97 Å². The molecule has 0 aliphatic heterocycles. The predicted octanol–water partition coefficient (Wildman–Crippen LogP) is 2.63. The molecule has 2 aromatic heterocycles. The van der Waals surface area contributed by atoms with Gasteiger partial charge in [0.25, 0.3) is 0 Å². The summed E-state index contributed by atoms with van der Waals surface area (Å²) in [5.74, 6) is 6.39. The van der Waals surface area contributed by atoms with E-state index in [-0.39, 0.29) is 5.56 Å². The van der Waals surface area contributed by atoms with E-state index in [1.807, 2.05) is 23.6 Å². The summed E-state index contributed by atoms with van der Waals surface area (Å²) in [6.07, 6.45) is 0.649. The third-order valence-electron chi connectivity index (χ3n) is 3.19. The van der Waals surface area contributed by atoms with Gasteiger partial charge in [-0.15, -0.1) is 21.5 Å². The van der Waals surface area contributed by atoms with Crippen molar-refractivity contribution in [2.75, 3.05) is 5.84 Å². The molecular weight excluding hydrogens is 332 g/mol. The number of thiophene rings is 1. The number of carboxylic acid groups (broad SMARTS) is 1. The molecule has 0 amide bonds. The van der Waals surface area contributed by atoms with Crippen molar-refractivity contribution in [2.24, 2.45) is 0 Å². The number of benzene rings is 1. The summed E-state index contributed by atoms with van der Waals surface area (Å²) in [4.78, 5) is 12.2. The number of nitrogens with two attached hydrogens (primary N) is 1. The first-order valence-electron chi connectivity index (χ1n) is 6.80. The number of carboxylic acids is 1. The Morgan fingerprint density at radius 2 is 2.17 bits per heavy atom. The number of hydrogen-bond acceptors (Lipinski definition) is 6. The van der Waals surface area contributed by atoms with Gasteiger partial charge in [0.15, 0.2) is 5.82 Å². The van der Waals surface area contributed by atoms with Crippen molar-refractivity contribution < 1.29 is 9.90 Å². The third-order valence-corrected chi connectivity index (χ3v) is 5.08. The Kier molecular flexibility index (Phi) is 4.63. The minimum absolute atomic E-state index is 0.274. The van der Waals surface area contributed by atoms with E-state index in [0.717, 1.165) is 5.56 Å². The monoisotopic (exact) mass is 346 g/mol. The molecule has 0 aliphatic rings. The zero-order valence-electron chi connectivity index (χ0n) is 12.0. The molecule has 3 N–H and O–H groups in total. The highest BCUT2D eigenvalue weighted by Crippen LogP contribution is 2.22. The number of carbonyl (C=O) groups is 1. The van der Waals surface area contributed by atoms with Crippen LogP contribution in [0.25, 0.3) is 0 Å². The summed E-state index contributed by atoms with van der Waals surface area (Å²) in [5.41, 5.74) is 1.17. The number of aromatic nitrogens is 3. The van der Waals surface area contributed by atoms with Crippen molar-refractivity contribution in [1.29, 1.82) is 0 Å². The fourth-order valence-corrected chi connectivity index (χ4v) is 3.56. The molecule has 23 heavy (non-hydrogen) atoms. The SMILES string of the molecule is Nn1c(Cc2cccs2)nnc1SCc1cccc(C(=O)O)c1. The minimum Gasteiger partial charge on any atom is -0.478 e. The lowest BCUT2D eigenvalue weighted by Gasteiger charge is -2.04. The van der Waals surface area contributed by atoms with Gasteiger partial charge in [0.2, 0.25) is 5.16 Å². The van der Waals surface area contributed by atoms with Crippen LogP contribution in [0, 0.1) is 0 Å². The van der Waals surface area contributed by atoms with Crippen LogP contribution >= 0.6 is 23.1 Å². The molecule has 0 fully saturated rings. The first-order chi connectivity index (χ1) is 11.1. The smallest absolute Gasteiger partial charge is 0.335 e. The highest BCUT2D eigenvalue weighted by molar-refractivity contribution is 7.98. The number of rotatable bonds is 6. The van der Waals surface area contributed by atoms with Gasteiger partial charge in [-0.25, -0.2) is 9.47 Å². The van der Waals surface area contributed by atoms with Crippen molar-refractivity contribution in [3.63, 3.8) is 0 Å². The second-order valence-electron chi connectivity index (χ2n) is 4.82. The number of nitrogens with zero attached hydrogens (tertiary/aromatic N) is 3. The molecule has 3 rings (SSSR count). The molecule has 2 heterocycles. The van der Waals surface area contributed by atoms with Crippen LogP contribution in [0.4, 0.5) is 0 Å². The van der Waals surface area contributed by atoms with Crippen LogP contribution in [-0.2, 0) is 12.2 Å². The molecule has 8 heteroatoms. The Morgan fingerprint density at radius 3 is 2.91 bits per heavy atom. The summed E-state index contributed by atoms with van der Waals surface area (Å²) in [6, 6.07) is 10.9. The van der Waals surface area contributed by atoms with Gasteiger partial charge in [-0.3, -0.25) is 0 Å². The van der Waals surface area contributed by atoms with Gasteiger partial charge in [-0.1, -0.05) is 30.0 Å². The predicted molar refractivity (Wildman–Crippen MR) is 90.3 cm³/mol. The normalized spacial score (nSPS) is 10.8. The Bertz CT molecular complexity index is 815. The molecule has 0 unspecified atom stereocenters. The van der Waals surface area contributed by atoms with Crippen LogP contribution in [0.1, 0.15) is 26.6 Å². The van der Waals surface area contributed by atoms with E-state index in [2.05, 4.69) is 10.2 Å². The molecule has 3 aromatic rings. The van der Waals surface area contributed by atoms with E-state index in [4.69, 9.17) is 10.9 Å². The van der Waals surface area contributed by atoms with Gasteiger partial charge in [0, 0.05) is 17.1 Å². The van der Waals surface area contributed by atoms with Crippen LogP contribution in [0.15, 0.2) is 46.9 Å². The number of hydrogen-bond donors (Lipinski definition) is 2. The van der Waals surface area contributed by atoms with Crippen molar-refractivity contribution in [2.45, 2.75) is 17.3 Å². The molecule has 6 nitrogen and oxygen atoms in total. The summed E-state index contributed by atoms with van der Waals surface area (Å²) in [6.45, 7) is 0. The summed E-state index contributed by atoms with van der Waals surface area (Å²) < 4.78 is 1.49. The second-order valence-corrected chi connectivity index (χ2v) is 6.79. The fourth-order valence-electron chi connectivity index (χ4n) is 2.04. The average molecular weight is 346 g/mol. The Hall–Kier alpha value is -2.32. The van der Waals surface area contributed by atoms with Crippen molar-refractivity contribution in [3.05, 3.63) is 63.6 Å². The van der Waals surface area contributed by atoms with E-state index in [0.29, 0.717) is 23.2 Å². The van der Waals surface area contributed by atoms with Crippen LogP contribution in [0.3, 0.4) is 0 Å². The number of thioether (sulfide) groups is 1. The van der Waals surface area contributed by atoms with Gasteiger partial charge >= 0.3 is 5.97 Å². The molecule has 0 radical (unpaired) electrons. The van der Waals surface area contributed by atoms with Crippen LogP contribution in [-0.4, -0.2) is 25.9 Å². The van der Waals surface area contributed by atoms with Crippen molar-refractivity contribution in [3.8, 4) is 0 Å². The van der Waals surface area contributed by atoms with E-state index in [1.165, 1.54) is 21.3 Å². The fraction of sp³-hybridized carbons (Fsp3) is 0.133. The highest BCUT2D eigenvalue weighted by atomic mass is 32.2. The summed E-state index contributed by atoms with van der Waals surface area (Å²) in [7, 11) is 0. The largest absolute Gasteiger partial charge is 0.478 e. The van der Waals surface area contributed by atoms with E-state index in [1.54, 1.807) is 29.5 Å². The molecule has 118 valence electrons. The van der Waals surface area contributed by atoms with Crippen LogP contribution < -0.4 is 5.84 Å². The first-order valence-corrected chi connectivity index (χ1v) is 8.67. The van der Waals surface area contributed by atoms with E-state index >= 15 is 0 Å². The van der Waals surface area contributed by atoms with Crippen molar-refractivity contribution >= 4 is 29.1 Å². The number of aromatic carboxylic acids is 1. The van der Waals surface area contributed by atoms with Crippen LogP contribution in [0.5, 0.6) is 0 Å². The Morgan fingerprint density at radius 1 is 1.30 bits per heavy atom. The quantitative estimate of drug-likeness (QED) is 0.526. The molecule has 0 saturated carbocycles. The van der Waals surface area contributed by atoms with Gasteiger partial charge in [0.05, 0.1) is 5.56 Å². The minimum atomic E-state index is -0.933. The third kappa shape index (κ3) is 3.72. The summed E-state index contributed by atoms with van der Waals surface area (Å²) >= 11 is 3.08. The molecule has 0 bridgehead atoms. The van der Waals surface area contributed by atoms with E-state index in [9.17, 15) is 4.79 Å². The molecule has 1 aromatic carbocycles. The molecule has 0 saturated heterocycles. The standard InChI is InChI=1S/C15H14N4O2S2/c16-19-13(8-12-5-2-6-22-12)17-18-15(19)23-9-10-3-1-4-11(7-10)14(20)21/h1-7H,8-9,16H2,(H,20,21). The topological polar surface area (TPSA) is 94.0 Å². The highest BCUT2D eigenvalue weighted by Gasteiger charge is 2.12. The maximum Gasteiger partial charge on any atom is 0.335 e. The lowest BCUT2D eigenvalue weighted by molar-refractivity contribution is 0.0697. The Labute approximate surface area is 140 Å². The van der Waals surface area contributed by atoms with Crippen molar-refractivity contribution in [1.82, 2.24) is 14.9 Å². The first kappa shape index (κ1) is 15.6.